The summed E-state index contributed by atoms with van der Waals surface area (Å²) in [5.74, 6) is 1.58. The molecular formula is C32H36N8O3. The summed E-state index contributed by atoms with van der Waals surface area (Å²) in [6.45, 7) is 11.8. The molecule has 0 atom stereocenters. The number of nitrogens with one attached hydrogen (secondary N) is 1. The van der Waals surface area contributed by atoms with E-state index in [1.165, 1.54) is 28.7 Å². The normalized spacial score (nSPS) is 17.5. The first-order valence-corrected chi connectivity index (χ1v) is 14.7. The van der Waals surface area contributed by atoms with E-state index in [4.69, 9.17) is 14.7 Å². The Morgan fingerprint density at radius 2 is 1.95 bits per heavy atom. The summed E-state index contributed by atoms with van der Waals surface area (Å²) in [6, 6.07) is 10.0. The molecule has 7 rings (SSSR count). The van der Waals surface area contributed by atoms with Gasteiger partial charge >= 0.3 is 0 Å². The molecule has 11 nitrogen and oxygen atoms in total. The Morgan fingerprint density at radius 3 is 2.70 bits per heavy atom. The van der Waals surface area contributed by atoms with E-state index in [0.717, 1.165) is 18.7 Å². The first-order valence-electron chi connectivity index (χ1n) is 14.7. The zero-order valence-electron chi connectivity index (χ0n) is 25.1. The Bertz CT molecular complexity index is 1850. The van der Waals surface area contributed by atoms with Crippen LogP contribution in [0, 0.1) is 5.41 Å². The average molecular weight is 581 g/mol. The van der Waals surface area contributed by atoms with Crippen LogP contribution in [0.25, 0.3) is 16.9 Å². The van der Waals surface area contributed by atoms with Crippen LogP contribution in [0.15, 0.2) is 54.0 Å². The zero-order valence-corrected chi connectivity index (χ0v) is 25.1. The molecule has 1 aliphatic carbocycles. The molecule has 3 aromatic heterocycles. The minimum absolute atomic E-state index is 0.0416. The average Bonchev–Trinajstić information content (AvgIpc) is 3.73. The van der Waals surface area contributed by atoms with E-state index >= 15 is 0 Å². The predicted octanol–water partition coefficient (Wildman–Crippen LogP) is 4.16. The second-order valence-electron chi connectivity index (χ2n) is 12.9. The summed E-state index contributed by atoms with van der Waals surface area (Å²) in [7, 11) is 2.21. The number of aromatic nitrogens is 5. The van der Waals surface area contributed by atoms with Crippen LogP contribution >= 0.6 is 0 Å². The molecule has 1 fully saturated rings. The van der Waals surface area contributed by atoms with Crippen LogP contribution in [0.1, 0.15) is 44.7 Å². The smallest absolute Gasteiger partial charge is 0.278 e. The lowest BCUT2D eigenvalue weighted by Crippen LogP contribution is -2.44. The molecule has 1 spiro atoms. The van der Waals surface area contributed by atoms with E-state index in [9.17, 15) is 9.59 Å². The maximum atomic E-state index is 13.5. The number of carbonyl (C=O) groups excluding carboxylic acids is 1. The third-order valence-corrected chi connectivity index (χ3v) is 8.60. The molecule has 1 saturated carbocycles. The largest absolute Gasteiger partial charge is 0.480 e. The molecule has 1 amide bonds. The number of hydrogen-bond donors (Lipinski definition) is 1. The van der Waals surface area contributed by atoms with Gasteiger partial charge in [-0.05, 0) is 67.1 Å². The monoisotopic (exact) mass is 580 g/mol. The number of ether oxygens (including phenoxy) is 1. The van der Waals surface area contributed by atoms with Crippen LogP contribution in [-0.4, -0.2) is 61.9 Å². The molecule has 2 aliphatic heterocycles. The minimum Gasteiger partial charge on any atom is -0.480 e. The van der Waals surface area contributed by atoms with Crippen LogP contribution in [0.2, 0.25) is 0 Å². The Morgan fingerprint density at radius 1 is 1.14 bits per heavy atom. The van der Waals surface area contributed by atoms with E-state index in [1.54, 1.807) is 34.0 Å². The quantitative estimate of drug-likeness (QED) is 0.339. The summed E-state index contributed by atoms with van der Waals surface area (Å²) >= 11 is 0. The highest BCUT2D eigenvalue weighted by Gasteiger charge is 2.50. The number of amides is 1. The number of benzene rings is 1. The number of rotatable bonds is 6. The van der Waals surface area contributed by atoms with Crippen molar-refractivity contribution in [3.8, 4) is 11.6 Å². The Balaban J connectivity index is 1.31. The molecule has 0 radical (unpaired) electrons. The fourth-order valence-corrected chi connectivity index (χ4v) is 6.34. The van der Waals surface area contributed by atoms with Crippen molar-refractivity contribution in [1.82, 2.24) is 29.2 Å². The fourth-order valence-electron chi connectivity index (χ4n) is 6.34. The van der Waals surface area contributed by atoms with Crippen LogP contribution < -0.4 is 20.5 Å². The number of nitrogens with zero attached hydrogens (tertiary/aromatic N) is 7. The molecule has 5 heterocycles. The third kappa shape index (κ3) is 4.58. The van der Waals surface area contributed by atoms with Gasteiger partial charge < -0.3 is 10.1 Å². The topological polar surface area (TPSA) is 110 Å². The molecule has 43 heavy (non-hydrogen) atoms. The van der Waals surface area contributed by atoms with E-state index < -0.39 is 0 Å². The predicted molar refractivity (Wildman–Crippen MR) is 165 cm³/mol. The summed E-state index contributed by atoms with van der Waals surface area (Å²) in [5.41, 5.74) is 3.80. The second kappa shape index (κ2) is 9.77. The van der Waals surface area contributed by atoms with Gasteiger partial charge in [-0.15, -0.1) is 6.58 Å². The zero-order chi connectivity index (χ0) is 30.1. The van der Waals surface area contributed by atoms with Crippen molar-refractivity contribution in [2.24, 2.45) is 5.41 Å². The second-order valence-corrected chi connectivity index (χ2v) is 12.9. The highest BCUT2D eigenvalue weighted by molar-refractivity contribution is 5.97. The SMILES string of the molecule is C=CCn1c(=O)c2cnc(Nc3ccc4c(c3)C3(CC3)N(C)CC4)nc2n1-c1ccc2c(n1)N(CC(C)(C)C)C(=O)CO2. The molecule has 0 unspecified atom stereocenters. The van der Waals surface area contributed by atoms with Gasteiger partial charge in [-0.2, -0.15) is 4.98 Å². The summed E-state index contributed by atoms with van der Waals surface area (Å²) in [6.07, 6.45) is 6.58. The van der Waals surface area contributed by atoms with E-state index in [1.807, 2.05) is 0 Å². The van der Waals surface area contributed by atoms with Gasteiger partial charge in [-0.25, -0.2) is 19.3 Å². The van der Waals surface area contributed by atoms with Crippen molar-refractivity contribution in [1.29, 1.82) is 0 Å². The molecule has 0 bridgehead atoms. The van der Waals surface area contributed by atoms with Gasteiger partial charge in [0.25, 0.3) is 11.5 Å². The van der Waals surface area contributed by atoms with Crippen LogP contribution in [-0.2, 0) is 23.3 Å². The van der Waals surface area contributed by atoms with Crippen molar-refractivity contribution in [2.45, 2.75) is 52.1 Å². The van der Waals surface area contributed by atoms with Gasteiger partial charge in [-0.1, -0.05) is 32.9 Å². The van der Waals surface area contributed by atoms with Gasteiger partial charge in [0.15, 0.2) is 29.6 Å². The third-order valence-electron chi connectivity index (χ3n) is 8.60. The van der Waals surface area contributed by atoms with Crippen molar-refractivity contribution in [2.75, 3.05) is 37.0 Å². The van der Waals surface area contributed by atoms with Crippen molar-refractivity contribution in [3.05, 3.63) is 70.7 Å². The molecule has 222 valence electrons. The van der Waals surface area contributed by atoms with Gasteiger partial charge in [0, 0.05) is 30.5 Å². The van der Waals surface area contributed by atoms with Crippen molar-refractivity contribution in [3.63, 3.8) is 0 Å². The van der Waals surface area contributed by atoms with Gasteiger partial charge in [-0.3, -0.25) is 19.4 Å². The summed E-state index contributed by atoms with van der Waals surface area (Å²) < 4.78 is 8.90. The maximum absolute atomic E-state index is 13.5. The van der Waals surface area contributed by atoms with Crippen LogP contribution in [0.3, 0.4) is 0 Å². The number of anilines is 3. The van der Waals surface area contributed by atoms with Crippen LogP contribution in [0.5, 0.6) is 5.75 Å². The number of pyridine rings is 1. The van der Waals surface area contributed by atoms with Crippen LogP contribution in [0.4, 0.5) is 17.5 Å². The number of likely N-dealkylation sites (N-methyl/N-ethyl adjacent to an activating group) is 1. The van der Waals surface area contributed by atoms with Crippen molar-refractivity contribution >= 4 is 34.4 Å². The number of hydrogen-bond acceptors (Lipinski definition) is 8. The number of allylic oxidation sites excluding steroid dienone is 1. The molecule has 4 aromatic rings. The molecule has 1 aromatic carbocycles. The summed E-state index contributed by atoms with van der Waals surface area (Å²) in [5, 5.41) is 3.73. The molecule has 0 saturated heterocycles. The molecule has 3 aliphatic rings. The first kappa shape index (κ1) is 27.3. The molecule has 11 heteroatoms. The van der Waals surface area contributed by atoms with Crippen molar-refractivity contribution < 1.29 is 9.53 Å². The fraction of sp³-hybridized carbons (Fsp3) is 0.406. The molecule has 1 N–H and O–H groups in total. The van der Waals surface area contributed by atoms with Gasteiger partial charge in [0.2, 0.25) is 5.95 Å². The molecular weight excluding hydrogens is 544 g/mol. The van der Waals surface area contributed by atoms with Gasteiger partial charge in [0.05, 0.1) is 6.54 Å². The highest BCUT2D eigenvalue weighted by atomic mass is 16.5. The number of fused-ring (bicyclic) bond motifs is 4. The van der Waals surface area contributed by atoms with E-state index in [2.05, 4.69) is 67.8 Å². The number of carbonyl (C=O) groups is 1. The summed E-state index contributed by atoms with van der Waals surface area (Å²) in [4.78, 5) is 44.7. The van der Waals surface area contributed by atoms with Gasteiger partial charge in [0.1, 0.15) is 5.39 Å². The first-order chi connectivity index (χ1) is 20.6. The lowest BCUT2D eigenvalue weighted by Gasteiger charge is -2.35. The lowest BCUT2D eigenvalue weighted by molar-refractivity contribution is -0.121. The highest BCUT2D eigenvalue weighted by Crippen LogP contribution is 2.54. The minimum atomic E-state index is -0.257. The lowest BCUT2D eigenvalue weighted by atomic mass is 9.90. The van der Waals surface area contributed by atoms with E-state index in [-0.39, 0.29) is 35.6 Å². The standard InChI is InChI=1S/C32H36N8O3/c1-6-14-39-29(42)22-17-33-30(34-21-8-7-20-11-15-37(5)32(12-13-32)23(20)16-21)36-27(22)40(39)25-10-9-24-28(35-25)38(19-31(2,3)4)26(41)18-43-24/h6-10,16-17H,1,11-15,18-19H2,2-5H3,(H,33,34,36). The maximum Gasteiger partial charge on any atom is 0.278 e. The Labute approximate surface area is 249 Å². The Kier molecular flexibility index (Phi) is 6.21. The Hall–Kier alpha value is -4.51. The van der Waals surface area contributed by atoms with E-state index in [0.29, 0.717) is 40.9 Å².